The maximum atomic E-state index is 13.3. The molecule has 162 valence electrons. The Hall–Kier alpha value is -2.62. The van der Waals surface area contributed by atoms with Crippen LogP contribution in [0.25, 0.3) is 5.69 Å². The Morgan fingerprint density at radius 3 is 2.65 bits per heavy atom. The number of carbonyl (C=O) groups is 1. The zero-order chi connectivity index (χ0) is 21.8. The van der Waals surface area contributed by atoms with Crippen LogP contribution < -0.4 is 10.2 Å². The van der Waals surface area contributed by atoms with Gasteiger partial charge in [0.1, 0.15) is 5.82 Å². The number of hydrogen-bond donors (Lipinski definition) is 1. The number of aromatic nitrogens is 3. The molecule has 31 heavy (non-hydrogen) atoms. The number of hydrogen-bond acceptors (Lipinski definition) is 6. The van der Waals surface area contributed by atoms with Gasteiger partial charge in [0.25, 0.3) is 0 Å². The molecule has 2 aromatic carbocycles. The third-order valence-corrected chi connectivity index (χ3v) is 5.96. The molecule has 2 heterocycles. The average molecular weight is 462 g/mol. The summed E-state index contributed by atoms with van der Waals surface area (Å²) in [5.74, 6) is 0.0533. The molecule has 0 atom stereocenters. The van der Waals surface area contributed by atoms with E-state index in [0.29, 0.717) is 24.1 Å². The van der Waals surface area contributed by atoms with Gasteiger partial charge in [-0.2, -0.15) is 0 Å². The van der Waals surface area contributed by atoms with Gasteiger partial charge < -0.3 is 15.0 Å². The van der Waals surface area contributed by atoms with Crippen LogP contribution in [-0.4, -0.2) is 52.7 Å². The van der Waals surface area contributed by atoms with Gasteiger partial charge in [0.05, 0.1) is 29.7 Å². The number of nitrogens with one attached hydrogen (secondary N) is 1. The van der Waals surface area contributed by atoms with Gasteiger partial charge in [-0.25, -0.2) is 4.39 Å². The first kappa shape index (κ1) is 21.6. The first-order valence-corrected chi connectivity index (χ1v) is 11.1. The van der Waals surface area contributed by atoms with Crippen molar-refractivity contribution in [3.05, 3.63) is 58.9 Å². The van der Waals surface area contributed by atoms with Gasteiger partial charge in [-0.3, -0.25) is 9.36 Å². The predicted octanol–water partition coefficient (Wildman–Crippen LogP) is 3.94. The zero-order valence-electron chi connectivity index (χ0n) is 16.8. The van der Waals surface area contributed by atoms with Gasteiger partial charge in [0.15, 0.2) is 5.16 Å². The van der Waals surface area contributed by atoms with E-state index < -0.39 is 5.82 Å². The average Bonchev–Trinajstić information content (AvgIpc) is 3.20. The standard InChI is InChI=1S/C21H21ClFN5O2S/c1-14-2-5-16(6-3-14)28-20(27-8-10-30-11-9-27)25-26-21(28)31-13-19(29)24-15-4-7-18(23)17(22)12-15/h2-7,12H,8-11,13H2,1H3,(H,24,29). The third kappa shape index (κ3) is 5.17. The van der Waals surface area contributed by atoms with Crippen LogP contribution in [0.2, 0.25) is 5.02 Å². The molecule has 0 aliphatic carbocycles. The summed E-state index contributed by atoms with van der Waals surface area (Å²) in [5, 5.41) is 12.0. The minimum absolute atomic E-state index is 0.0419. The normalized spacial score (nSPS) is 14.0. The Morgan fingerprint density at radius 2 is 1.94 bits per heavy atom. The minimum atomic E-state index is -0.532. The van der Waals surface area contributed by atoms with E-state index >= 15 is 0 Å². The van der Waals surface area contributed by atoms with E-state index in [2.05, 4.69) is 20.4 Å². The minimum Gasteiger partial charge on any atom is -0.378 e. The number of nitrogens with zero attached hydrogens (tertiary/aromatic N) is 4. The van der Waals surface area contributed by atoms with E-state index in [-0.39, 0.29) is 16.7 Å². The monoisotopic (exact) mass is 461 g/mol. The third-order valence-electron chi connectivity index (χ3n) is 4.74. The number of benzene rings is 2. The number of thioether (sulfide) groups is 1. The molecule has 1 fully saturated rings. The lowest BCUT2D eigenvalue weighted by Gasteiger charge is -2.27. The fraction of sp³-hybridized carbons (Fsp3) is 0.286. The zero-order valence-corrected chi connectivity index (χ0v) is 18.4. The molecule has 0 unspecified atom stereocenters. The second-order valence-corrected chi connectivity index (χ2v) is 8.37. The van der Waals surface area contributed by atoms with Crippen LogP contribution >= 0.6 is 23.4 Å². The van der Waals surface area contributed by atoms with Crippen molar-refractivity contribution in [3.63, 3.8) is 0 Å². The van der Waals surface area contributed by atoms with E-state index in [0.717, 1.165) is 30.3 Å². The van der Waals surface area contributed by atoms with Gasteiger partial charge in [0.2, 0.25) is 11.9 Å². The van der Waals surface area contributed by atoms with Crippen molar-refractivity contribution in [3.8, 4) is 5.69 Å². The summed E-state index contributed by atoms with van der Waals surface area (Å²) in [5.41, 5.74) is 2.51. The second kappa shape index (κ2) is 9.67. The summed E-state index contributed by atoms with van der Waals surface area (Å²) in [6.07, 6.45) is 0. The van der Waals surface area contributed by atoms with E-state index in [1.54, 1.807) is 0 Å². The molecule has 1 saturated heterocycles. The first-order valence-electron chi connectivity index (χ1n) is 9.74. The van der Waals surface area contributed by atoms with E-state index in [1.807, 2.05) is 35.8 Å². The number of anilines is 2. The maximum Gasteiger partial charge on any atom is 0.234 e. The topological polar surface area (TPSA) is 72.3 Å². The molecular formula is C21H21ClFN5O2S. The van der Waals surface area contributed by atoms with E-state index in [1.165, 1.54) is 30.0 Å². The van der Waals surface area contributed by atoms with Gasteiger partial charge in [-0.1, -0.05) is 41.1 Å². The maximum absolute atomic E-state index is 13.3. The highest BCUT2D eigenvalue weighted by Crippen LogP contribution is 2.28. The number of amides is 1. The van der Waals surface area contributed by atoms with Crippen molar-refractivity contribution in [2.75, 3.05) is 42.3 Å². The molecule has 10 heteroatoms. The number of rotatable bonds is 6. The van der Waals surface area contributed by atoms with E-state index in [9.17, 15) is 9.18 Å². The summed E-state index contributed by atoms with van der Waals surface area (Å²) >= 11 is 7.06. The van der Waals surface area contributed by atoms with E-state index in [4.69, 9.17) is 16.3 Å². The summed E-state index contributed by atoms with van der Waals surface area (Å²) in [4.78, 5) is 14.6. The smallest absolute Gasteiger partial charge is 0.234 e. The number of aryl methyl sites for hydroxylation is 1. The fourth-order valence-corrected chi connectivity index (χ4v) is 4.07. The second-order valence-electron chi connectivity index (χ2n) is 7.02. The Kier molecular flexibility index (Phi) is 6.74. The summed E-state index contributed by atoms with van der Waals surface area (Å²) in [6.45, 7) is 4.74. The van der Waals surface area contributed by atoms with Crippen LogP contribution in [0, 0.1) is 12.7 Å². The molecule has 1 amide bonds. The van der Waals surface area contributed by atoms with Crippen molar-refractivity contribution < 1.29 is 13.9 Å². The van der Waals surface area contributed by atoms with Crippen LogP contribution in [0.1, 0.15) is 5.56 Å². The van der Waals surface area contributed by atoms with Crippen molar-refractivity contribution in [2.45, 2.75) is 12.1 Å². The van der Waals surface area contributed by atoms with Gasteiger partial charge in [-0.05, 0) is 37.3 Å². The van der Waals surface area contributed by atoms with Crippen LogP contribution in [0.4, 0.5) is 16.0 Å². The predicted molar refractivity (Wildman–Crippen MR) is 120 cm³/mol. The van der Waals surface area contributed by atoms with Crippen LogP contribution in [0.5, 0.6) is 0 Å². The largest absolute Gasteiger partial charge is 0.378 e. The first-order chi connectivity index (χ1) is 15.0. The van der Waals surface area contributed by atoms with Crippen molar-refractivity contribution in [2.24, 2.45) is 0 Å². The lowest BCUT2D eigenvalue weighted by atomic mass is 10.2. The molecule has 0 bridgehead atoms. The molecule has 7 nitrogen and oxygen atoms in total. The Balaban J connectivity index is 1.53. The molecule has 0 saturated carbocycles. The SMILES string of the molecule is Cc1ccc(-n2c(SCC(=O)Nc3ccc(F)c(Cl)c3)nnc2N2CCOCC2)cc1. The lowest BCUT2D eigenvalue weighted by molar-refractivity contribution is -0.113. The van der Waals surface area contributed by atoms with Crippen LogP contribution in [0.15, 0.2) is 47.6 Å². The van der Waals surface area contributed by atoms with Crippen LogP contribution in [0.3, 0.4) is 0 Å². The van der Waals surface area contributed by atoms with Crippen molar-refractivity contribution >= 4 is 40.9 Å². The lowest BCUT2D eigenvalue weighted by Crippen LogP contribution is -2.37. The summed E-state index contributed by atoms with van der Waals surface area (Å²) in [7, 11) is 0. The molecule has 1 aliphatic rings. The molecule has 1 N–H and O–H groups in total. The molecule has 0 radical (unpaired) electrons. The number of carbonyl (C=O) groups excluding carboxylic acids is 1. The molecule has 1 aromatic heterocycles. The highest BCUT2D eigenvalue weighted by atomic mass is 35.5. The van der Waals surface area contributed by atoms with Gasteiger partial charge in [0, 0.05) is 18.8 Å². The quantitative estimate of drug-likeness (QED) is 0.561. The number of halogens is 2. The number of ether oxygens (including phenoxy) is 1. The Labute approximate surface area is 188 Å². The van der Waals surface area contributed by atoms with Gasteiger partial charge >= 0.3 is 0 Å². The van der Waals surface area contributed by atoms with Crippen LogP contribution in [-0.2, 0) is 9.53 Å². The highest BCUT2D eigenvalue weighted by Gasteiger charge is 2.22. The Bertz CT molecular complexity index is 1070. The van der Waals surface area contributed by atoms with Crippen molar-refractivity contribution in [1.29, 1.82) is 0 Å². The molecule has 4 rings (SSSR count). The number of morpholine rings is 1. The summed E-state index contributed by atoms with van der Waals surface area (Å²) in [6, 6.07) is 12.1. The molecule has 0 spiro atoms. The highest BCUT2D eigenvalue weighted by molar-refractivity contribution is 7.99. The van der Waals surface area contributed by atoms with Gasteiger partial charge in [-0.15, -0.1) is 10.2 Å². The molecule has 3 aromatic rings. The Morgan fingerprint density at radius 1 is 1.19 bits per heavy atom. The fourth-order valence-electron chi connectivity index (χ4n) is 3.14. The van der Waals surface area contributed by atoms with Crippen molar-refractivity contribution in [1.82, 2.24) is 14.8 Å². The molecular weight excluding hydrogens is 441 g/mol. The summed E-state index contributed by atoms with van der Waals surface area (Å²) < 4.78 is 20.7. The molecule has 1 aliphatic heterocycles.